The first-order valence-electron chi connectivity index (χ1n) is 36.4. The molecule has 0 atom stereocenters. The van der Waals surface area contributed by atoms with E-state index in [2.05, 4.69) is 68.1 Å². The van der Waals surface area contributed by atoms with Crippen molar-refractivity contribution < 1.29 is 19.5 Å². The number of hydrogen-bond donors (Lipinski definition) is 5. The van der Waals surface area contributed by atoms with Crippen LogP contribution in [0.1, 0.15) is 15.2 Å². The van der Waals surface area contributed by atoms with Gasteiger partial charge >= 0.3 is 4.83 Å². The molecule has 0 bridgehead atoms. The van der Waals surface area contributed by atoms with Crippen LogP contribution in [0.5, 0.6) is 0 Å². The van der Waals surface area contributed by atoms with Crippen molar-refractivity contribution in [1.29, 1.82) is 5.26 Å². The third-order valence-corrected chi connectivity index (χ3v) is 24.5. The molecule has 2 amide bonds. The summed E-state index contributed by atoms with van der Waals surface area (Å²) in [6, 6.07) is 77.8. The van der Waals surface area contributed by atoms with Gasteiger partial charge in [0.15, 0.2) is 0 Å². The van der Waals surface area contributed by atoms with E-state index in [-0.39, 0.29) is 45.0 Å². The lowest BCUT2D eigenvalue weighted by Crippen LogP contribution is -2.28. The zero-order valence-electron chi connectivity index (χ0n) is 62.9. The molecule has 0 unspecified atom stereocenters. The highest BCUT2D eigenvalue weighted by atomic mass is 35.5. The number of halogens is 3. The van der Waals surface area contributed by atoms with Crippen LogP contribution in [0.25, 0.3) is 115 Å². The molecule has 15 heterocycles. The molecule has 598 valence electrons. The van der Waals surface area contributed by atoms with Crippen LogP contribution in [-0.4, -0.2) is 85.9 Å². The number of rotatable bonds is 8. The summed E-state index contributed by atoms with van der Waals surface area (Å²) in [6.07, 6.45) is 14.3. The Labute approximate surface area is 730 Å². The highest BCUT2D eigenvalue weighted by Gasteiger charge is 2.22. The summed E-state index contributed by atoms with van der Waals surface area (Å²) in [5, 5.41) is 29.1. The Hall–Kier alpha value is -14.2. The van der Waals surface area contributed by atoms with Crippen molar-refractivity contribution in [2.24, 2.45) is 0 Å². The van der Waals surface area contributed by atoms with Crippen molar-refractivity contribution in [2.45, 2.75) is 0 Å². The predicted molar refractivity (Wildman–Crippen MR) is 493 cm³/mol. The van der Waals surface area contributed by atoms with E-state index in [1.807, 2.05) is 224 Å². The Kier molecular flexibility index (Phi) is 26.0. The Morgan fingerprint density at radius 1 is 0.434 bits per heavy atom. The second kappa shape index (κ2) is 38.3. The molecule has 25 nitrogen and oxygen atoms in total. The molecule has 15 aromatic heterocycles. The maximum absolute atomic E-state index is 12.7. The monoisotopic (exact) mass is 1780 g/mol. The molecule has 122 heavy (non-hydrogen) atoms. The van der Waals surface area contributed by atoms with Gasteiger partial charge in [0.25, 0.3) is 28.1 Å². The summed E-state index contributed by atoms with van der Waals surface area (Å²) >= 11 is 28.0. The molecular formula is C88H58Cl3N18O7S6+. The average molecular weight is 1780 g/mol. The van der Waals surface area contributed by atoms with Gasteiger partial charge < -0.3 is 16.4 Å². The molecule has 21 rings (SSSR count). The van der Waals surface area contributed by atoms with Gasteiger partial charge in [-0.15, -0.1) is 45.3 Å². The number of nitriles is 1. The van der Waals surface area contributed by atoms with Crippen LogP contribution in [0, 0.1) is 11.3 Å². The van der Waals surface area contributed by atoms with E-state index in [0.29, 0.717) is 66.5 Å². The number of pyridine rings is 6. The minimum atomic E-state index is -0.202. The number of nitrogens with two attached hydrogens (primary N) is 1. The molecule has 0 saturated heterocycles. The van der Waals surface area contributed by atoms with E-state index in [1.54, 1.807) is 76.9 Å². The van der Waals surface area contributed by atoms with Crippen molar-refractivity contribution in [1.82, 2.24) is 63.1 Å². The second-order valence-corrected chi connectivity index (χ2v) is 32.0. The maximum Gasteiger partial charge on any atom is 0.322 e. The van der Waals surface area contributed by atoms with Crippen molar-refractivity contribution >= 4 is 225 Å². The SMILES string of the molecule is N#Cc1cccnc1Cl.Nc1c(C(=O)Nc2ccccc2)sc2ncccc12.O=C(CS)Nc1ccccc1.O=c1c2sc3c(ccc[n+]3O)c2ncn1-c1ccccc1.O=c1c2sc3nc(Cl)ccc3c2ncn1-c1ccccc1.O=c1c2sc3nccc(Cl)c3c2ncn1-c1ccccc1.O=c1c2sc3ncccc3c2ncn1-c1ccccc1. The van der Waals surface area contributed by atoms with E-state index < -0.39 is 0 Å². The number of nitrogens with one attached hydrogen (secondary N) is 2. The Balaban J connectivity index is 0.000000112. The minimum Gasteiger partial charge on any atom is -0.397 e. The topological polar surface area (TPSA) is 336 Å². The number of carbonyl (C=O) groups is 2. The summed E-state index contributed by atoms with van der Waals surface area (Å²) in [7, 11) is 0. The lowest BCUT2D eigenvalue weighted by Gasteiger charge is -2.04. The standard InChI is InChI=1S/2C15H8ClN3OS.C15H10N3O2S.C15H9N3OS.C14H11N3OS.C8H9NOS.C6H3ClN2/c16-10-6-7-17-14-11(10)12-13(21-14)15(20)19(8-18-12)9-4-2-1-3-5-9;16-11-7-6-10-12-13(21-14(10)18-11)15(20)19(8-17-12)9-4-2-1-3-5-9;19-14-13-12(11-7-4-8-18(20)15(11)21-13)16-9-17(14)10-5-2-1-3-6-10;19-15-13-12(11-7-4-8-16-14(11)20-13)17-9-18(15)10-5-2-1-3-6-10;15-11-10-7-4-8-16-14(10)19-12(11)13(18)17-9-5-2-1-3-6-9;10-8(6-11)9-7-4-2-1-3-5-7;7-6-5(4-8)2-1-3-9-6/h2*1-8H;1-9,20H;1-9H;1-8H,15H2,(H,17,18);1-5,11H,6H2,(H,9,10);1-3H/q;;+1;;;;. The third kappa shape index (κ3) is 18.3. The predicted octanol–water partition coefficient (Wildman–Crippen LogP) is 18.7. The normalized spacial score (nSPS) is 10.7. The number of benzene rings is 6. The first-order valence-corrected chi connectivity index (χ1v) is 42.2. The van der Waals surface area contributed by atoms with Gasteiger partial charge in [0.05, 0.1) is 72.1 Å². The fraction of sp³-hybridized carbons (Fsp3) is 0.0114. The molecule has 34 heteroatoms. The van der Waals surface area contributed by atoms with Gasteiger partial charge in [-0.3, -0.25) is 52.2 Å². The fourth-order valence-electron chi connectivity index (χ4n) is 12.2. The van der Waals surface area contributed by atoms with E-state index in [1.165, 1.54) is 84.7 Å². The van der Waals surface area contributed by atoms with Crippen LogP contribution < -0.4 is 43.3 Å². The van der Waals surface area contributed by atoms with Gasteiger partial charge in [-0.05, 0) is 133 Å². The van der Waals surface area contributed by atoms with Gasteiger partial charge in [0.1, 0.15) is 90.2 Å². The molecule has 0 radical (unpaired) electrons. The summed E-state index contributed by atoms with van der Waals surface area (Å²) < 4.78 is 9.51. The number of fused-ring (bicyclic) bond motifs is 13. The van der Waals surface area contributed by atoms with Crippen LogP contribution >= 0.6 is 104 Å². The summed E-state index contributed by atoms with van der Waals surface area (Å²) in [6.45, 7) is 0. The molecule has 0 saturated carbocycles. The van der Waals surface area contributed by atoms with E-state index in [4.69, 9.17) is 45.8 Å². The molecule has 0 aliphatic heterocycles. The van der Waals surface area contributed by atoms with E-state index >= 15 is 0 Å². The summed E-state index contributed by atoms with van der Waals surface area (Å²) in [5.41, 5.74) is 13.9. The number of nitrogens with zero attached hydrogens (tertiary/aromatic N) is 15. The van der Waals surface area contributed by atoms with Crippen LogP contribution in [-0.2, 0) is 4.79 Å². The number of para-hydroxylation sites is 6. The maximum atomic E-state index is 12.7. The van der Waals surface area contributed by atoms with E-state index in [0.717, 1.165) is 90.6 Å². The minimum absolute atomic E-state index is 0.0517. The van der Waals surface area contributed by atoms with Crippen LogP contribution in [0.4, 0.5) is 17.1 Å². The number of nitrogen functional groups attached to an aromatic ring is 1. The van der Waals surface area contributed by atoms with Gasteiger partial charge in [-0.2, -0.15) is 17.9 Å². The third-order valence-electron chi connectivity index (χ3n) is 17.9. The van der Waals surface area contributed by atoms with Crippen molar-refractivity contribution in [3.05, 3.63) is 372 Å². The number of aromatic nitrogens is 14. The zero-order chi connectivity index (χ0) is 84.8. The zero-order valence-corrected chi connectivity index (χ0v) is 70.1. The number of thiophene rings is 5. The van der Waals surface area contributed by atoms with Crippen molar-refractivity contribution in [3.8, 4) is 28.8 Å². The van der Waals surface area contributed by atoms with Crippen molar-refractivity contribution in [3.63, 3.8) is 0 Å². The lowest BCUT2D eigenvalue weighted by atomic mass is 10.2. The molecule has 0 spiro atoms. The Morgan fingerprint density at radius 2 is 0.844 bits per heavy atom. The number of anilines is 3. The fourth-order valence-corrected chi connectivity index (χ4v) is 18.1. The number of thiol groups is 1. The van der Waals surface area contributed by atoms with Gasteiger partial charge in [-0.25, -0.2) is 44.9 Å². The lowest BCUT2D eigenvalue weighted by molar-refractivity contribution is -0.883. The molecule has 5 N–H and O–H groups in total. The molecule has 0 aliphatic rings. The average Bonchev–Trinajstić information content (AvgIpc) is 1.62. The molecule has 21 aromatic rings. The number of hydrogen-bond acceptors (Lipinski definition) is 24. The van der Waals surface area contributed by atoms with Crippen LogP contribution in [0.2, 0.25) is 15.3 Å². The number of amides is 2. The highest BCUT2D eigenvalue weighted by Crippen LogP contribution is 2.36. The molecule has 0 fully saturated rings. The highest BCUT2D eigenvalue weighted by molar-refractivity contribution is 7.81. The first-order chi connectivity index (χ1) is 59.5. The van der Waals surface area contributed by atoms with Crippen LogP contribution in [0.15, 0.2) is 324 Å². The summed E-state index contributed by atoms with van der Waals surface area (Å²) in [5.74, 6) is -0.0687. The van der Waals surface area contributed by atoms with Gasteiger partial charge in [0.2, 0.25) is 12.1 Å². The first kappa shape index (κ1) is 82.9. The van der Waals surface area contributed by atoms with Gasteiger partial charge in [0, 0.05) is 63.1 Å². The quantitative estimate of drug-likeness (QED) is 0.0408. The van der Waals surface area contributed by atoms with Crippen LogP contribution in [0.3, 0.4) is 0 Å². The Bertz CT molecular complexity index is 7650. The Morgan fingerprint density at radius 3 is 1.34 bits per heavy atom. The smallest absolute Gasteiger partial charge is 0.322 e. The van der Waals surface area contributed by atoms with Crippen molar-refractivity contribution in [2.75, 3.05) is 22.1 Å². The number of carbonyl (C=O) groups excluding carboxylic acids is 2. The molecule has 0 aliphatic carbocycles. The van der Waals surface area contributed by atoms with Gasteiger partial charge in [-0.1, -0.05) is 155 Å². The molecule has 6 aromatic carbocycles. The largest absolute Gasteiger partial charge is 0.397 e. The second-order valence-electron chi connectivity index (χ2n) is 25.6. The molecular weight excluding hydrogens is 1720 g/mol. The summed E-state index contributed by atoms with van der Waals surface area (Å²) in [4.78, 5) is 116. The van der Waals surface area contributed by atoms with E-state index in [9.17, 15) is 34.0 Å².